The van der Waals surface area contributed by atoms with Crippen molar-refractivity contribution in [3.63, 3.8) is 0 Å². The highest BCUT2D eigenvalue weighted by Gasteiger charge is 2.23. The molecule has 0 atom stereocenters. The van der Waals surface area contributed by atoms with Crippen LogP contribution >= 0.6 is 0 Å². The molecule has 3 aromatic carbocycles. The van der Waals surface area contributed by atoms with E-state index in [4.69, 9.17) is 9.15 Å². The van der Waals surface area contributed by atoms with Gasteiger partial charge in [0.25, 0.3) is 11.8 Å². The van der Waals surface area contributed by atoms with E-state index in [9.17, 15) is 14.0 Å². The largest absolute Gasteiger partial charge is 0.497 e. The summed E-state index contributed by atoms with van der Waals surface area (Å²) in [4.78, 5) is 25.6. The number of rotatable bonds is 5. The Balaban J connectivity index is 1.70. The number of benzene rings is 3. The van der Waals surface area contributed by atoms with Crippen molar-refractivity contribution in [1.29, 1.82) is 0 Å². The van der Waals surface area contributed by atoms with Gasteiger partial charge in [-0.3, -0.25) is 9.59 Å². The van der Waals surface area contributed by atoms with Crippen LogP contribution in [-0.4, -0.2) is 18.9 Å². The molecular weight excluding hydrogens is 387 g/mol. The fourth-order valence-corrected chi connectivity index (χ4v) is 3.02. The topological polar surface area (TPSA) is 80.6 Å². The molecule has 0 bridgehead atoms. The maximum atomic E-state index is 13.9. The maximum absolute atomic E-state index is 13.9. The highest BCUT2D eigenvalue weighted by molar-refractivity contribution is 6.16. The van der Waals surface area contributed by atoms with Crippen LogP contribution in [0.3, 0.4) is 0 Å². The van der Waals surface area contributed by atoms with Gasteiger partial charge in [-0.05, 0) is 42.5 Å². The SMILES string of the molecule is COc1cccc(C(=O)Nc2c(C(=O)Nc3ccccc3F)oc3ccccc23)c1. The molecule has 0 saturated carbocycles. The van der Waals surface area contributed by atoms with E-state index in [1.54, 1.807) is 54.6 Å². The molecule has 0 radical (unpaired) electrons. The number of fused-ring (bicyclic) bond motifs is 1. The van der Waals surface area contributed by atoms with E-state index in [1.807, 2.05) is 0 Å². The Morgan fingerprint density at radius 2 is 1.67 bits per heavy atom. The highest BCUT2D eigenvalue weighted by atomic mass is 19.1. The number of hydrogen-bond donors (Lipinski definition) is 2. The van der Waals surface area contributed by atoms with Gasteiger partial charge in [0.1, 0.15) is 22.8 Å². The molecule has 4 rings (SSSR count). The minimum Gasteiger partial charge on any atom is -0.497 e. The van der Waals surface area contributed by atoms with Gasteiger partial charge in [0.05, 0.1) is 12.8 Å². The lowest BCUT2D eigenvalue weighted by atomic mass is 10.1. The average Bonchev–Trinajstić information content (AvgIpc) is 3.14. The van der Waals surface area contributed by atoms with E-state index < -0.39 is 17.6 Å². The van der Waals surface area contributed by atoms with Crippen molar-refractivity contribution in [3.8, 4) is 5.75 Å². The molecule has 2 N–H and O–H groups in total. The standard InChI is InChI=1S/C23H17FN2O4/c1-29-15-8-6-7-14(13-15)22(27)26-20-16-9-2-5-12-19(16)30-21(20)23(28)25-18-11-4-3-10-17(18)24/h2-13H,1H3,(H,25,28)(H,26,27). The van der Waals surface area contributed by atoms with Gasteiger partial charge >= 0.3 is 0 Å². The molecule has 0 aliphatic rings. The number of furan rings is 1. The molecule has 0 spiro atoms. The predicted octanol–water partition coefficient (Wildman–Crippen LogP) is 5.09. The minimum atomic E-state index is -0.683. The van der Waals surface area contributed by atoms with Crippen LogP contribution in [0.1, 0.15) is 20.9 Å². The van der Waals surface area contributed by atoms with Crippen molar-refractivity contribution < 1.29 is 23.1 Å². The summed E-state index contributed by atoms with van der Waals surface area (Å²) < 4.78 is 24.8. The summed E-state index contributed by atoms with van der Waals surface area (Å²) in [5.41, 5.74) is 0.970. The van der Waals surface area contributed by atoms with E-state index >= 15 is 0 Å². The zero-order chi connectivity index (χ0) is 21.1. The number of anilines is 2. The Kier molecular flexibility index (Phi) is 5.17. The molecule has 0 saturated heterocycles. The number of amides is 2. The fraction of sp³-hybridized carbons (Fsp3) is 0.0435. The summed E-state index contributed by atoms with van der Waals surface area (Å²) in [5, 5.41) is 5.77. The number of carbonyl (C=O) groups excluding carboxylic acids is 2. The lowest BCUT2D eigenvalue weighted by Crippen LogP contribution is -2.17. The number of hydrogen-bond acceptors (Lipinski definition) is 4. The first-order chi connectivity index (χ1) is 14.6. The Morgan fingerprint density at radius 1 is 0.900 bits per heavy atom. The van der Waals surface area contributed by atoms with Crippen molar-refractivity contribution in [2.75, 3.05) is 17.7 Å². The number of para-hydroxylation sites is 2. The van der Waals surface area contributed by atoms with Crippen molar-refractivity contribution in [1.82, 2.24) is 0 Å². The third-order valence-corrected chi connectivity index (χ3v) is 4.49. The van der Waals surface area contributed by atoms with E-state index in [0.717, 1.165) is 0 Å². The number of methoxy groups -OCH3 is 1. The molecule has 0 aliphatic heterocycles. The number of carbonyl (C=O) groups is 2. The lowest BCUT2D eigenvalue weighted by Gasteiger charge is -2.08. The van der Waals surface area contributed by atoms with Crippen LogP contribution in [0, 0.1) is 5.82 Å². The Bertz CT molecular complexity index is 1250. The smallest absolute Gasteiger partial charge is 0.293 e. The van der Waals surface area contributed by atoms with Crippen molar-refractivity contribution in [3.05, 3.63) is 89.9 Å². The van der Waals surface area contributed by atoms with Crippen LogP contribution in [-0.2, 0) is 0 Å². The number of ether oxygens (including phenoxy) is 1. The van der Waals surface area contributed by atoms with Gasteiger partial charge in [0, 0.05) is 10.9 Å². The summed E-state index contributed by atoms with van der Waals surface area (Å²) in [7, 11) is 1.51. The molecule has 1 aromatic heterocycles. The summed E-state index contributed by atoms with van der Waals surface area (Å²) >= 11 is 0. The summed E-state index contributed by atoms with van der Waals surface area (Å²) in [6.45, 7) is 0. The minimum absolute atomic E-state index is 0.00743. The van der Waals surface area contributed by atoms with E-state index in [2.05, 4.69) is 10.6 Å². The molecule has 150 valence electrons. The van der Waals surface area contributed by atoms with Crippen LogP contribution in [0.15, 0.2) is 77.2 Å². The van der Waals surface area contributed by atoms with Gasteiger partial charge in [-0.2, -0.15) is 0 Å². The molecule has 0 unspecified atom stereocenters. The molecule has 30 heavy (non-hydrogen) atoms. The highest BCUT2D eigenvalue weighted by Crippen LogP contribution is 2.32. The summed E-state index contributed by atoms with van der Waals surface area (Å²) in [6, 6.07) is 19.3. The molecule has 0 fully saturated rings. The van der Waals surface area contributed by atoms with Crippen LogP contribution in [0.5, 0.6) is 5.75 Å². The molecule has 2 amide bonds. The second-order valence-electron chi connectivity index (χ2n) is 6.42. The second kappa shape index (κ2) is 8.08. The third-order valence-electron chi connectivity index (χ3n) is 4.49. The Labute approximate surface area is 171 Å². The van der Waals surface area contributed by atoms with Crippen LogP contribution in [0.25, 0.3) is 11.0 Å². The van der Waals surface area contributed by atoms with Gasteiger partial charge in [0.15, 0.2) is 0 Å². The van der Waals surface area contributed by atoms with Crippen LogP contribution in [0.2, 0.25) is 0 Å². The maximum Gasteiger partial charge on any atom is 0.293 e. The zero-order valence-electron chi connectivity index (χ0n) is 15.9. The van der Waals surface area contributed by atoms with Gasteiger partial charge in [-0.15, -0.1) is 0 Å². The Morgan fingerprint density at radius 3 is 2.47 bits per heavy atom. The molecule has 6 nitrogen and oxygen atoms in total. The van der Waals surface area contributed by atoms with Gasteiger partial charge in [-0.25, -0.2) is 4.39 Å². The first-order valence-electron chi connectivity index (χ1n) is 9.09. The fourth-order valence-electron chi connectivity index (χ4n) is 3.02. The van der Waals surface area contributed by atoms with E-state index in [0.29, 0.717) is 22.3 Å². The normalized spacial score (nSPS) is 10.6. The van der Waals surface area contributed by atoms with Crippen LogP contribution in [0.4, 0.5) is 15.8 Å². The van der Waals surface area contributed by atoms with Gasteiger partial charge < -0.3 is 19.8 Å². The van der Waals surface area contributed by atoms with E-state index in [1.165, 1.54) is 25.3 Å². The molecule has 1 heterocycles. The summed E-state index contributed by atoms with van der Waals surface area (Å²) in [5.74, 6) is -1.31. The summed E-state index contributed by atoms with van der Waals surface area (Å²) in [6.07, 6.45) is 0. The van der Waals surface area contributed by atoms with Crippen LogP contribution < -0.4 is 15.4 Å². The molecule has 4 aromatic rings. The van der Waals surface area contributed by atoms with Crippen molar-refractivity contribution >= 4 is 34.2 Å². The quantitative estimate of drug-likeness (QED) is 0.486. The first kappa shape index (κ1) is 19.2. The number of halogens is 1. The molecule has 0 aliphatic carbocycles. The predicted molar refractivity (Wildman–Crippen MR) is 112 cm³/mol. The van der Waals surface area contributed by atoms with Crippen molar-refractivity contribution in [2.24, 2.45) is 0 Å². The third kappa shape index (κ3) is 3.73. The molecule has 7 heteroatoms. The average molecular weight is 404 g/mol. The lowest BCUT2D eigenvalue weighted by molar-refractivity contribution is 0.0999. The molecular formula is C23H17FN2O4. The van der Waals surface area contributed by atoms with Crippen molar-refractivity contribution in [2.45, 2.75) is 0 Å². The monoisotopic (exact) mass is 404 g/mol. The van der Waals surface area contributed by atoms with E-state index in [-0.39, 0.29) is 17.1 Å². The second-order valence-corrected chi connectivity index (χ2v) is 6.42. The van der Waals surface area contributed by atoms with Gasteiger partial charge in [0.2, 0.25) is 5.76 Å². The first-order valence-corrected chi connectivity index (χ1v) is 9.09. The zero-order valence-corrected chi connectivity index (χ0v) is 15.9. The Hall–Kier alpha value is -4.13. The number of nitrogens with one attached hydrogen (secondary N) is 2. The van der Waals surface area contributed by atoms with Gasteiger partial charge in [-0.1, -0.05) is 30.3 Å².